The van der Waals surface area contributed by atoms with E-state index in [-0.39, 0.29) is 18.4 Å². The summed E-state index contributed by atoms with van der Waals surface area (Å²) < 4.78 is 29.6. The SMILES string of the molecule is C=C(CCCC)C(CO)NS(=O)(=O)c1c(C(C)C)cc(C(C)C)cc1C(C)C. The van der Waals surface area contributed by atoms with Crippen LogP contribution in [0.15, 0.2) is 29.2 Å². The molecule has 28 heavy (non-hydrogen) atoms. The van der Waals surface area contributed by atoms with Crippen LogP contribution in [0.3, 0.4) is 0 Å². The van der Waals surface area contributed by atoms with E-state index in [4.69, 9.17) is 0 Å². The van der Waals surface area contributed by atoms with Crippen molar-refractivity contribution in [3.8, 4) is 0 Å². The fourth-order valence-corrected chi connectivity index (χ4v) is 5.22. The summed E-state index contributed by atoms with van der Waals surface area (Å²) in [5, 5.41) is 9.79. The standard InChI is InChI=1S/C23H39NO3S/c1-9-10-11-18(8)22(14-25)24-28(26,27)23-20(16(4)5)12-19(15(2)3)13-21(23)17(6)7/h12-13,15-17,22,24-25H,8-11,14H2,1-7H3. The highest BCUT2D eigenvalue weighted by molar-refractivity contribution is 7.89. The van der Waals surface area contributed by atoms with Gasteiger partial charge in [0.1, 0.15) is 0 Å². The Morgan fingerprint density at radius 2 is 1.54 bits per heavy atom. The number of sulfonamides is 1. The lowest BCUT2D eigenvalue weighted by atomic mass is 9.89. The Morgan fingerprint density at radius 3 is 1.89 bits per heavy atom. The molecule has 160 valence electrons. The van der Waals surface area contributed by atoms with Crippen molar-refractivity contribution in [3.05, 3.63) is 41.0 Å². The smallest absolute Gasteiger partial charge is 0.241 e. The Balaban J connectivity index is 3.51. The van der Waals surface area contributed by atoms with Gasteiger partial charge in [-0.05, 0) is 47.3 Å². The van der Waals surface area contributed by atoms with Gasteiger partial charge in [0.25, 0.3) is 0 Å². The maximum absolute atomic E-state index is 13.4. The molecule has 0 saturated carbocycles. The van der Waals surface area contributed by atoms with Gasteiger partial charge in [-0.3, -0.25) is 0 Å². The van der Waals surface area contributed by atoms with E-state index in [1.807, 2.05) is 39.8 Å². The van der Waals surface area contributed by atoms with Crippen molar-refractivity contribution in [2.75, 3.05) is 6.61 Å². The number of rotatable bonds is 11. The Morgan fingerprint density at radius 1 is 1.04 bits per heavy atom. The third kappa shape index (κ3) is 6.16. The molecule has 2 N–H and O–H groups in total. The molecule has 1 aromatic carbocycles. The number of hydrogen-bond donors (Lipinski definition) is 2. The van der Waals surface area contributed by atoms with Crippen LogP contribution in [0.1, 0.15) is 102 Å². The average molecular weight is 410 g/mol. The monoisotopic (exact) mass is 409 g/mol. The topological polar surface area (TPSA) is 66.4 Å². The first kappa shape index (κ1) is 24.9. The molecule has 0 bridgehead atoms. The number of hydrogen-bond acceptors (Lipinski definition) is 3. The molecule has 1 aromatic rings. The molecule has 0 fully saturated rings. The highest BCUT2D eigenvalue weighted by atomic mass is 32.2. The van der Waals surface area contributed by atoms with Gasteiger partial charge in [0.15, 0.2) is 0 Å². The molecule has 0 aliphatic carbocycles. The normalized spacial score (nSPS) is 13.5. The molecule has 0 aliphatic heterocycles. The van der Waals surface area contributed by atoms with Crippen molar-refractivity contribution >= 4 is 10.0 Å². The largest absolute Gasteiger partial charge is 0.394 e. The van der Waals surface area contributed by atoms with Gasteiger partial charge in [-0.15, -0.1) is 0 Å². The highest BCUT2D eigenvalue weighted by Gasteiger charge is 2.29. The van der Waals surface area contributed by atoms with Crippen molar-refractivity contribution < 1.29 is 13.5 Å². The van der Waals surface area contributed by atoms with Gasteiger partial charge >= 0.3 is 0 Å². The molecule has 1 atom stereocenters. The molecule has 5 heteroatoms. The summed E-state index contributed by atoms with van der Waals surface area (Å²) in [4.78, 5) is 0.364. The fourth-order valence-electron chi connectivity index (χ4n) is 3.27. The van der Waals surface area contributed by atoms with Crippen LogP contribution in [-0.4, -0.2) is 26.2 Å². The molecule has 0 amide bonds. The average Bonchev–Trinajstić information content (AvgIpc) is 2.62. The molecule has 4 nitrogen and oxygen atoms in total. The number of aliphatic hydroxyl groups is 1. The van der Waals surface area contributed by atoms with E-state index in [2.05, 4.69) is 32.1 Å². The Kier molecular flexibility index (Phi) is 9.38. The fraction of sp³-hybridized carbons (Fsp3) is 0.652. The summed E-state index contributed by atoms with van der Waals surface area (Å²) in [6, 6.07) is 3.38. The van der Waals surface area contributed by atoms with E-state index in [0.29, 0.717) is 17.2 Å². The summed E-state index contributed by atoms with van der Waals surface area (Å²) in [6.45, 7) is 18.1. The van der Waals surface area contributed by atoms with Crippen LogP contribution in [0.25, 0.3) is 0 Å². The predicted molar refractivity (Wildman–Crippen MR) is 119 cm³/mol. The van der Waals surface area contributed by atoms with Gasteiger partial charge in [0.2, 0.25) is 10.0 Å². The van der Waals surface area contributed by atoms with Crippen molar-refractivity contribution in [2.45, 2.75) is 96.4 Å². The van der Waals surface area contributed by atoms with Crippen LogP contribution in [0.2, 0.25) is 0 Å². The van der Waals surface area contributed by atoms with Crippen LogP contribution in [0.4, 0.5) is 0 Å². The minimum Gasteiger partial charge on any atom is -0.394 e. The summed E-state index contributed by atoms with van der Waals surface area (Å²) in [5.41, 5.74) is 3.54. The lowest BCUT2D eigenvalue weighted by Gasteiger charge is -2.25. The van der Waals surface area contributed by atoms with E-state index in [1.54, 1.807) is 0 Å². The van der Waals surface area contributed by atoms with E-state index in [1.165, 1.54) is 0 Å². The lowest BCUT2D eigenvalue weighted by Crippen LogP contribution is -2.39. The van der Waals surface area contributed by atoms with E-state index >= 15 is 0 Å². The second kappa shape index (κ2) is 10.6. The summed E-state index contributed by atoms with van der Waals surface area (Å²) in [5.74, 6) is 0.455. The maximum Gasteiger partial charge on any atom is 0.241 e. The summed E-state index contributed by atoms with van der Waals surface area (Å²) in [7, 11) is -3.81. The molecule has 1 unspecified atom stereocenters. The minimum absolute atomic E-state index is 0.0682. The zero-order valence-corrected chi connectivity index (χ0v) is 19.5. The zero-order valence-electron chi connectivity index (χ0n) is 18.7. The second-order valence-corrected chi connectivity index (χ2v) is 10.3. The number of benzene rings is 1. The molecule has 0 radical (unpaired) electrons. The van der Waals surface area contributed by atoms with Gasteiger partial charge in [0.05, 0.1) is 17.5 Å². The molecular weight excluding hydrogens is 370 g/mol. The van der Waals surface area contributed by atoms with Crippen LogP contribution < -0.4 is 4.72 Å². The summed E-state index contributed by atoms with van der Waals surface area (Å²) >= 11 is 0. The van der Waals surface area contributed by atoms with Crippen molar-refractivity contribution in [1.82, 2.24) is 4.72 Å². The lowest BCUT2D eigenvalue weighted by molar-refractivity contribution is 0.269. The molecule has 0 spiro atoms. The first-order valence-electron chi connectivity index (χ1n) is 10.4. The van der Waals surface area contributed by atoms with Gasteiger partial charge < -0.3 is 5.11 Å². The van der Waals surface area contributed by atoms with E-state index in [9.17, 15) is 13.5 Å². The van der Waals surface area contributed by atoms with Crippen molar-refractivity contribution in [1.29, 1.82) is 0 Å². The molecule has 0 aliphatic rings. The van der Waals surface area contributed by atoms with Crippen LogP contribution in [-0.2, 0) is 10.0 Å². The molecule has 0 saturated heterocycles. The predicted octanol–water partition coefficient (Wildman–Crippen LogP) is 5.44. The zero-order chi connectivity index (χ0) is 21.6. The first-order chi connectivity index (χ1) is 13.0. The number of unbranched alkanes of at least 4 members (excludes halogenated alkanes) is 1. The Hall–Kier alpha value is -1.17. The van der Waals surface area contributed by atoms with Crippen LogP contribution in [0, 0.1) is 0 Å². The van der Waals surface area contributed by atoms with Crippen molar-refractivity contribution in [3.63, 3.8) is 0 Å². The molecule has 0 heterocycles. The highest BCUT2D eigenvalue weighted by Crippen LogP contribution is 2.35. The van der Waals surface area contributed by atoms with Gasteiger partial charge in [-0.2, -0.15) is 0 Å². The number of nitrogens with one attached hydrogen (secondary N) is 1. The minimum atomic E-state index is -3.81. The molecular formula is C23H39NO3S. The van der Waals surface area contributed by atoms with Crippen LogP contribution in [0.5, 0.6) is 0 Å². The Labute approximate surface area is 172 Å². The quantitative estimate of drug-likeness (QED) is 0.478. The van der Waals surface area contributed by atoms with E-state index in [0.717, 1.165) is 35.1 Å². The molecule has 1 rings (SSSR count). The van der Waals surface area contributed by atoms with Crippen molar-refractivity contribution in [2.24, 2.45) is 0 Å². The first-order valence-corrected chi connectivity index (χ1v) is 11.9. The van der Waals surface area contributed by atoms with Gasteiger partial charge in [-0.25, -0.2) is 13.1 Å². The molecule has 0 aromatic heterocycles. The summed E-state index contributed by atoms with van der Waals surface area (Å²) in [6.07, 6.45) is 2.62. The third-order valence-electron chi connectivity index (χ3n) is 5.17. The number of aliphatic hydroxyl groups excluding tert-OH is 1. The maximum atomic E-state index is 13.4. The van der Waals surface area contributed by atoms with E-state index < -0.39 is 16.1 Å². The second-order valence-electron chi connectivity index (χ2n) is 8.61. The van der Waals surface area contributed by atoms with Gasteiger partial charge in [0, 0.05) is 0 Å². The third-order valence-corrected chi connectivity index (χ3v) is 6.78. The Bertz CT molecular complexity index is 735. The van der Waals surface area contributed by atoms with Gasteiger partial charge in [-0.1, -0.05) is 79.2 Å². The van der Waals surface area contributed by atoms with Crippen LogP contribution >= 0.6 is 0 Å².